The Morgan fingerprint density at radius 1 is 1.38 bits per heavy atom. The first-order valence-electron chi connectivity index (χ1n) is 6.31. The van der Waals surface area contributed by atoms with Crippen LogP contribution in [0, 0.1) is 10.1 Å². The lowest BCUT2D eigenvalue weighted by Crippen LogP contribution is -2.25. The van der Waals surface area contributed by atoms with Gasteiger partial charge in [0.15, 0.2) is 18.1 Å². The number of nitro benzene ring substituents is 1. The van der Waals surface area contributed by atoms with Crippen LogP contribution in [0.25, 0.3) is 0 Å². The first-order valence-corrected chi connectivity index (χ1v) is 6.31. The van der Waals surface area contributed by atoms with Crippen molar-refractivity contribution in [1.82, 2.24) is 10.6 Å². The Hall–Kier alpha value is -2.35. The predicted molar refractivity (Wildman–Crippen MR) is 76.7 cm³/mol. The molecule has 0 spiro atoms. The molecule has 0 aliphatic carbocycles. The van der Waals surface area contributed by atoms with Crippen molar-refractivity contribution in [2.45, 2.75) is 13.0 Å². The molecular formula is C13H19N3O5. The van der Waals surface area contributed by atoms with Gasteiger partial charge in [-0.2, -0.15) is 0 Å². The number of carbonyl (C=O) groups is 1. The number of nitro groups is 1. The Morgan fingerprint density at radius 2 is 2.05 bits per heavy atom. The summed E-state index contributed by atoms with van der Waals surface area (Å²) in [5.74, 6) is 0.147. The molecule has 8 nitrogen and oxygen atoms in total. The molecule has 116 valence electrons. The Morgan fingerprint density at radius 3 is 2.52 bits per heavy atom. The number of rotatable bonds is 7. The number of ether oxygens (including phenoxy) is 2. The first-order chi connectivity index (χ1) is 9.94. The maximum absolute atomic E-state index is 11.2. The molecule has 1 aromatic rings. The topological polar surface area (TPSA) is 103 Å². The number of hydrogen-bond acceptors (Lipinski definition) is 6. The van der Waals surface area contributed by atoms with Gasteiger partial charge >= 0.3 is 0 Å². The molecular weight excluding hydrogens is 278 g/mol. The summed E-state index contributed by atoms with van der Waals surface area (Å²) in [6.45, 7) is 1.55. The van der Waals surface area contributed by atoms with Gasteiger partial charge in [0.2, 0.25) is 0 Å². The Kier molecular flexibility index (Phi) is 5.92. The highest BCUT2D eigenvalue weighted by Crippen LogP contribution is 2.37. The van der Waals surface area contributed by atoms with E-state index in [4.69, 9.17) is 9.47 Å². The standard InChI is InChI=1S/C13H19N3O5/c1-8(14-2)9-5-11(20-4)12(6-10(9)16(18)19)21-7-13(17)15-3/h5-6,8,14H,7H2,1-4H3,(H,15,17). The third-order valence-corrected chi connectivity index (χ3v) is 3.05. The fraction of sp³-hybridized carbons (Fsp3) is 0.462. The van der Waals surface area contributed by atoms with Gasteiger partial charge in [0.25, 0.3) is 11.6 Å². The van der Waals surface area contributed by atoms with Gasteiger partial charge in [0.05, 0.1) is 23.7 Å². The number of amides is 1. The van der Waals surface area contributed by atoms with Crippen molar-refractivity contribution >= 4 is 11.6 Å². The van der Waals surface area contributed by atoms with Crippen molar-refractivity contribution in [3.05, 3.63) is 27.8 Å². The van der Waals surface area contributed by atoms with Crippen LogP contribution >= 0.6 is 0 Å². The number of benzene rings is 1. The van der Waals surface area contributed by atoms with Gasteiger partial charge in [-0.1, -0.05) is 0 Å². The molecule has 1 amide bonds. The van der Waals surface area contributed by atoms with Gasteiger partial charge in [-0.15, -0.1) is 0 Å². The van der Waals surface area contributed by atoms with E-state index in [-0.39, 0.29) is 30.0 Å². The van der Waals surface area contributed by atoms with Crippen LogP contribution in [0.2, 0.25) is 0 Å². The summed E-state index contributed by atoms with van der Waals surface area (Å²) in [6, 6.07) is 2.58. The zero-order valence-corrected chi connectivity index (χ0v) is 12.4. The second-order valence-corrected chi connectivity index (χ2v) is 4.29. The van der Waals surface area contributed by atoms with Crippen LogP contribution in [0.5, 0.6) is 11.5 Å². The van der Waals surface area contributed by atoms with Gasteiger partial charge in [0.1, 0.15) is 0 Å². The van der Waals surface area contributed by atoms with E-state index in [9.17, 15) is 14.9 Å². The van der Waals surface area contributed by atoms with Crippen molar-refractivity contribution in [3.8, 4) is 11.5 Å². The lowest BCUT2D eigenvalue weighted by molar-refractivity contribution is -0.385. The molecule has 0 heterocycles. The van der Waals surface area contributed by atoms with Gasteiger partial charge in [-0.3, -0.25) is 14.9 Å². The lowest BCUT2D eigenvalue weighted by atomic mass is 10.1. The highest BCUT2D eigenvalue weighted by molar-refractivity contribution is 5.77. The van der Waals surface area contributed by atoms with Gasteiger partial charge in [-0.05, 0) is 20.0 Å². The monoisotopic (exact) mass is 297 g/mol. The average Bonchev–Trinajstić information content (AvgIpc) is 2.50. The van der Waals surface area contributed by atoms with Crippen LogP contribution in [0.1, 0.15) is 18.5 Å². The first kappa shape index (κ1) is 16.7. The smallest absolute Gasteiger partial charge is 0.278 e. The molecule has 2 N–H and O–H groups in total. The Balaban J connectivity index is 3.22. The largest absolute Gasteiger partial charge is 0.493 e. The summed E-state index contributed by atoms with van der Waals surface area (Å²) in [5, 5.41) is 16.5. The molecule has 0 aliphatic rings. The Bertz CT molecular complexity index is 533. The average molecular weight is 297 g/mol. The lowest BCUT2D eigenvalue weighted by Gasteiger charge is -2.15. The van der Waals surface area contributed by atoms with Gasteiger partial charge in [0, 0.05) is 13.1 Å². The van der Waals surface area contributed by atoms with Crippen LogP contribution in [0.15, 0.2) is 12.1 Å². The van der Waals surface area contributed by atoms with Crippen LogP contribution in [0.3, 0.4) is 0 Å². The maximum atomic E-state index is 11.2. The predicted octanol–water partition coefficient (Wildman–Crippen LogP) is 1.01. The van der Waals surface area contributed by atoms with E-state index in [2.05, 4.69) is 10.6 Å². The molecule has 0 saturated carbocycles. The van der Waals surface area contributed by atoms with Crippen LogP contribution in [-0.4, -0.2) is 38.6 Å². The summed E-state index contributed by atoms with van der Waals surface area (Å²) in [5.41, 5.74) is 0.385. The summed E-state index contributed by atoms with van der Waals surface area (Å²) in [4.78, 5) is 21.9. The number of hydrogen-bond donors (Lipinski definition) is 2. The molecule has 0 radical (unpaired) electrons. The van der Waals surface area contributed by atoms with E-state index in [1.54, 1.807) is 20.0 Å². The minimum Gasteiger partial charge on any atom is -0.493 e. The van der Waals surface area contributed by atoms with E-state index in [0.717, 1.165) is 0 Å². The minimum absolute atomic E-state index is 0.0930. The highest BCUT2D eigenvalue weighted by atomic mass is 16.6. The van der Waals surface area contributed by atoms with Crippen LogP contribution in [-0.2, 0) is 4.79 Å². The number of nitrogens with zero attached hydrogens (tertiary/aromatic N) is 1. The molecule has 1 rings (SSSR count). The molecule has 1 aromatic carbocycles. The van der Waals surface area contributed by atoms with Crippen molar-refractivity contribution in [3.63, 3.8) is 0 Å². The third-order valence-electron chi connectivity index (χ3n) is 3.05. The molecule has 0 aromatic heterocycles. The Labute approximate surface area is 122 Å². The minimum atomic E-state index is -0.491. The summed E-state index contributed by atoms with van der Waals surface area (Å²) in [7, 11) is 4.61. The summed E-state index contributed by atoms with van der Waals surface area (Å²) >= 11 is 0. The fourth-order valence-corrected chi connectivity index (χ4v) is 1.71. The van der Waals surface area contributed by atoms with E-state index >= 15 is 0 Å². The molecule has 8 heteroatoms. The summed E-state index contributed by atoms with van der Waals surface area (Å²) < 4.78 is 10.5. The molecule has 21 heavy (non-hydrogen) atoms. The number of carbonyl (C=O) groups excluding carboxylic acids is 1. The SMILES string of the molecule is CNC(=O)COc1cc([N+](=O)[O-])c(C(C)NC)cc1OC. The third kappa shape index (κ3) is 4.06. The number of methoxy groups -OCH3 is 1. The molecule has 1 atom stereocenters. The van der Waals surface area contributed by atoms with Crippen LogP contribution < -0.4 is 20.1 Å². The molecule has 1 unspecified atom stereocenters. The second-order valence-electron chi connectivity index (χ2n) is 4.29. The maximum Gasteiger partial charge on any atom is 0.278 e. The quantitative estimate of drug-likeness (QED) is 0.575. The molecule has 0 fully saturated rings. The van der Waals surface area contributed by atoms with Crippen molar-refractivity contribution in [2.75, 3.05) is 27.8 Å². The zero-order valence-electron chi connectivity index (χ0n) is 12.4. The number of nitrogens with one attached hydrogen (secondary N) is 2. The molecule has 0 saturated heterocycles. The summed E-state index contributed by atoms with van der Waals surface area (Å²) in [6.07, 6.45) is 0. The van der Waals surface area contributed by atoms with Gasteiger partial charge in [-0.25, -0.2) is 0 Å². The number of likely N-dealkylation sites (N-methyl/N-ethyl adjacent to an activating group) is 1. The fourth-order valence-electron chi connectivity index (χ4n) is 1.71. The van der Waals surface area contributed by atoms with Crippen molar-refractivity contribution in [2.24, 2.45) is 0 Å². The van der Waals surface area contributed by atoms with E-state index < -0.39 is 4.92 Å². The van der Waals surface area contributed by atoms with E-state index in [1.807, 2.05) is 0 Å². The van der Waals surface area contributed by atoms with E-state index in [0.29, 0.717) is 11.3 Å². The zero-order chi connectivity index (χ0) is 16.0. The van der Waals surface area contributed by atoms with Crippen molar-refractivity contribution in [1.29, 1.82) is 0 Å². The molecule has 0 aliphatic heterocycles. The van der Waals surface area contributed by atoms with Crippen LogP contribution in [0.4, 0.5) is 5.69 Å². The second kappa shape index (κ2) is 7.44. The highest BCUT2D eigenvalue weighted by Gasteiger charge is 2.23. The normalized spacial score (nSPS) is 11.6. The van der Waals surface area contributed by atoms with Crippen molar-refractivity contribution < 1.29 is 19.2 Å². The van der Waals surface area contributed by atoms with E-state index in [1.165, 1.54) is 20.2 Å². The molecule has 0 bridgehead atoms. The van der Waals surface area contributed by atoms with Gasteiger partial charge < -0.3 is 20.1 Å².